The highest BCUT2D eigenvalue weighted by atomic mass is 16.5. The fourth-order valence-corrected chi connectivity index (χ4v) is 2.10. The minimum atomic E-state index is -0.397. The SMILES string of the molecule is CCNC(C#N)(CC)CCCOc1ccc(C)cc1. The van der Waals surface area contributed by atoms with Crippen molar-refractivity contribution in [1.82, 2.24) is 5.32 Å². The molecule has 0 aliphatic heterocycles. The van der Waals surface area contributed by atoms with E-state index >= 15 is 0 Å². The van der Waals surface area contributed by atoms with Crippen LogP contribution >= 0.6 is 0 Å². The van der Waals surface area contributed by atoms with Crippen LogP contribution in [0.5, 0.6) is 5.75 Å². The van der Waals surface area contributed by atoms with Gasteiger partial charge in [0.05, 0.1) is 12.7 Å². The van der Waals surface area contributed by atoms with Crippen molar-refractivity contribution in [2.24, 2.45) is 0 Å². The molecular weight excluding hydrogens is 236 g/mol. The number of benzene rings is 1. The summed E-state index contributed by atoms with van der Waals surface area (Å²) in [5.74, 6) is 0.896. The van der Waals surface area contributed by atoms with Gasteiger partial charge in [-0.15, -0.1) is 0 Å². The molecule has 0 spiro atoms. The van der Waals surface area contributed by atoms with Gasteiger partial charge in [0.2, 0.25) is 0 Å². The molecular formula is C16H24N2O. The van der Waals surface area contributed by atoms with Crippen molar-refractivity contribution in [3.05, 3.63) is 29.8 Å². The second-order valence-electron chi connectivity index (χ2n) is 4.84. The van der Waals surface area contributed by atoms with E-state index in [0.717, 1.165) is 31.6 Å². The predicted molar refractivity (Wildman–Crippen MR) is 78.2 cm³/mol. The van der Waals surface area contributed by atoms with Crippen LogP contribution in [0.2, 0.25) is 0 Å². The van der Waals surface area contributed by atoms with Gasteiger partial charge in [0, 0.05) is 0 Å². The zero-order valence-corrected chi connectivity index (χ0v) is 12.2. The van der Waals surface area contributed by atoms with Gasteiger partial charge in [-0.2, -0.15) is 5.26 Å². The van der Waals surface area contributed by atoms with E-state index in [4.69, 9.17) is 4.74 Å². The van der Waals surface area contributed by atoms with Crippen molar-refractivity contribution in [2.75, 3.05) is 13.2 Å². The van der Waals surface area contributed by atoms with Crippen LogP contribution in [0.1, 0.15) is 38.7 Å². The lowest BCUT2D eigenvalue weighted by atomic mass is 9.92. The average molecular weight is 260 g/mol. The topological polar surface area (TPSA) is 45.0 Å². The molecule has 0 radical (unpaired) electrons. The van der Waals surface area contributed by atoms with Gasteiger partial charge in [-0.05, 0) is 44.9 Å². The van der Waals surface area contributed by atoms with Crippen LogP contribution in [0, 0.1) is 18.3 Å². The maximum atomic E-state index is 9.30. The van der Waals surface area contributed by atoms with E-state index in [1.54, 1.807) is 0 Å². The molecule has 0 fully saturated rings. The lowest BCUT2D eigenvalue weighted by molar-refractivity contribution is 0.277. The van der Waals surface area contributed by atoms with Crippen LogP contribution < -0.4 is 10.1 Å². The molecule has 0 saturated carbocycles. The van der Waals surface area contributed by atoms with Gasteiger partial charge in [0.15, 0.2) is 0 Å². The Morgan fingerprint density at radius 2 is 1.95 bits per heavy atom. The summed E-state index contributed by atoms with van der Waals surface area (Å²) in [5, 5.41) is 12.6. The van der Waals surface area contributed by atoms with Gasteiger partial charge in [0.25, 0.3) is 0 Å². The molecule has 0 bridgehead atoms. The van der Waals surface area contributed by atoms with Crippen molar-refractivity contribution in [3.63, 3.8) is 0 Å². The van der Waals surface area contributed by atoms with Gasteiger partial charge in [-0.25, -0.2) is 0 Å². The maximum absolute atomic E-state index is 9.30. The monoisotopic (exact) mass is 260 g/mol. The van der Waals surface area contributed by atoms with E-state index in [2.05, 4.69) is 18.3 Å². The maximum Gasteiger partial charge on any atom is 0.119 e. The number of nitrogens with zero attached hydrogens (tertiary/aromatic N) is 1. The van der Waals surface area contributed by atoms with Gasteiger partial charge in [0.1, 0.15) is 11.3 Å². The van der Waals surface area contributed by atoms with E-state index in [0.29, 0.717) is 6.61 Å². The van der Waals surface area contributed by atoms with E-state index in [9.17, 15) is 5.26 Å². The lowest BCUT2D eigenvalue weighted by Crippen LogP contribution is -2.43. The first-order valence-electron chi connectivity index (χ1n) is 7.01. The fourth-order valence-electron chi connectivity index (χ4n) is 2.10. The third-order valence-corrected chi connectivity index (χ3v) is 3.37. The second kappa shape index (κ2) is 7.81. The fraction of sp³-hybridized carbons (Fsp3) is 0.562. The van der Waals surface area contributed by atoms with Crippen LogP contribution in [0.15, 0.2) is 24.3 Å². The number of aryl methyl sites for hydroxylation is 1. The van der Waals surface area contributed by atoms with Crippen LogP contribution in [0.4, 0.5) is 0 Å². The van der Waals surface area contributed by atoms with Gasteiger partial charge in [-0.1, -0.05) is 31.5 Å². The molecule has 0 saturated heterocycles. The zero-order chi connectivity index (χ0) is 14.1. The minimum Gasteiger partial charge on any atom is -0.494 e. The van der Waals surface area contributed by atoms with Gasteiger partial charge >= 0.3 is 0 Å². The molecule has 3 nitrogen and oxygen atoms in total. The second-order valence-corrected chi connectivity index (χ2v) is 4.84. The van der Waals surface area contributed by atoms with Gasteiger partial charge < -0.3 is 4.74 Å². The molecule has 1 aromatic rings. The minimum absolute atomic E-state index is 0.397. The highest BCUT2D eigenvalue weighted by molar-refractivity contribution is 5.26. The average Bonchev–Trinajstić information content (AvgIpc) is 2.44. The molecule has 104 valence electrons. The molecule has 1 rings (SSSR count). The molecule has 3 heteroatoms. The Kier molecular flexibility index (Phi) is 6.38. The number of nitrogens with one attached hydrogen (secondary N) is 1. The first-order chi connectivity index (χ1) is 9.15. The highest BCUT2D eigenvalue weighted by Gasteiger charge is 2.25. The summed E-state index contributed by atoms with van der Waals surface area (Å²) in [4.78, 5) is 0. The smallest absolute Gasteiger partial charge is 0.119 e. The third kappa shape index (κ3) is 4.92. The summed E-state index contributed by atoms with van der Waals surface area (Å²) in [7, 11) is 0. The lowest BCUT2D eigenvalue weighted by Gasteiger charge is -2.25. The summed E-state index contributed by atoms with van der Waals surface area (Å²) >= 11 is 0. The van der Waals surface area contributed by atoms with Crippen LogP contribution in [0.25, 0.3) is 0 Å². The molecule has 0 aromatic heterocycles. The largest absolute Gasteiger partial charge is 0.494 e. The third-order valence-electron chi connectivity index (χ3n) is 3.37. The number of hydrogen-bond donors (Lipinski definition) is 1. The van der Waals surface area contributed by atoms with Crippen molar-refractivity contribution in [2.45, 2.75) is 45.6 Å². The highest BCUT2D eigenvalue weighted by Crippen LogP contribution is 2.17. The number of nitriles is 1. The number of ether oxygens (including phenoxy) is 1. The molecule has 1 unspecified atom stereocenters. The van der Waals surface area contributed by atoms with Gasteiger partial charge in [-0.3, -0.25) is 5.32 Å². The van der Waals surface area contributed by atoms with E-state index in [-0.39, 0.29) is 0 Å². The Balaban J connectivity index is 2.37. The standard InChI is InChI=1S/C16H24N2O/c1-4-16(13-17,18-5-2)11-6-12-19-15-9-7-14(3)8-10-15/h7-10,18H,4-6,11-12H2,1-3H3. The van der Waals surface area contributed by atoms with E-state index in [1.807, 2.05) is 38.1 Å². The molecule has 0 amide bonds. The number of rotatable bonds is 8. The Morgan fingerprint density at radius 1 is 1.26 bits per heavy atom. The Hall–Kier alpha value is -1.53. The summed E-state index contributed by atoms with van der Waals surface area (Å²) in [6, 6.07) is 10.5. The van der Waals surface area contributed by atoms with E-state index < -0.39 is 5.54 Å². The van der Waals surface area contributed by atoms with E-state index in [1.165, 1.54) is 5.56 Å². The Bertz CT molecular complexity index is 408. The quantitative estimate of drug-likeness (QED) is 0.728. The Morgan fingerprint density at radius 3 is 2.47 bits per heavy atom. The number of hydrogen-bond acceptors (Lipinski definition) is 3. The van der Waals surface area contributed by atoms with Crippen molar-refractivity contribution < 1.29 is 4.74 Å². The van der Waals surface area contributed by atoms with Crippen LogP contribution in [-0.4, -0.2) is 18.7 Å². The predicted octanol–water partition coefficient (Wildman–Crippen LogP) is 3.44. The molecule has 0 aliphatic carbocycles. The van der Waals surface area contributed by atoms with Crippen LogP contribution in [0.3, 0.4) is 0 Å². The zero-order valence-electron chi connectivity index (χ0n) is 12.2. The Labute approximate surface area is 116 Å². The van der Waals surface area contributed by atoms with Crippen molar-refractivity contribution in [1.29, 1.82) is 5.26 Å². The normalized spacial score (nSPS) is 13.6. The molecule has 1 N–H and O–H groups in total. The summed E-state index contributed by atoms with van der Waals surface area (Å²) in [6.07, 6.45) is 2.52. The van der Waals surface area contributed by atoms with Crippen molar-refractivity contribution >= 4 is 0 Å². The first kappa shape index (κ1) is 15.5. The summed E-state index contributed by atoms with van der Waals surface area (Å²) in [5.41, 5.74) is 0.833. The summed E-state index contributed by atoms with van der Waals surface area (Å²) in [6.45, 7) is 7.61. The molecule has 0 heterocycles. The molecule has 1 atom stereocenters. The molecule has 1 aromatic carbocycles. The van der Waals surface area contributed by atoms with Crippen LogP contribution in [-0.2, 0) is 0 Å². The molecule has 0 aliphatic rings. The molecule has 19 heavy (non-hydrogen) atoms. The summed E-state index contributed by atoms with van der Waals surface area (Å²) < 4.78 is 5.69. The first-order valence-corrected chi connectivity index (χ1v) is 7.01. The van der Waals surface area contributed by atoms with Crippen molar-refractivity contribution in [3.8, 4) is 11.8 Å².